The van der Waals surface area contributed by atoms with E-state index in [4.69, 9.17) is 0 Å². The highest BCUT2D eigenvalue weighted by Crippen LogP contribution is 2.20. The lowest BCUT2D eigenvalue weighted by Gasteiger charge is -2.15. The Morgan fingerprint density at radius 1 is 1.38 bits per heavy atom. The van der Waals surface area contributed by atoms with Crippen LogP contribution in [0.2, 0.25) is 0 Å². The van der Waals surface area contributed by atoms with E-state index >= 15 is 0 Å². The molecule has 9 heteroatoms. The molecule has 0 saturated heterocycles. The fraction of sp³-hybridized carbons (Fsp3) is 0.412. The minimum atomic E-state index is -0.759. The summed E-state index contributed by atoms with van der Waals surface area (Å²) >= 11 is 1.11. The lowest BCUT2D eigenvalue weighted by atomic mass is 10.1. The number of nitrogens with zero attached hydrogens (tertiary/aromatic N) is 3. The topological polar surface area (TPSA) is 102 Å². The first-order valence-electron chi connectivity index (χ1n) is 7.88. The molecule has 0 fully saturated rings. The molecule has 0 aliphatic rings. The Labute approximate surface area is 154 Å². The lowest BCUT2D eigenvalue weighted by Crippen LogP contribution is -2.29. The van der Waals surface area contributed by atoms with Crippen LogP contribution in [0.1, 0.15) is 17.3 Å². The SMILES string of the molecule is COC(=O)c1ccc2c(=O)n(C[C@H](C)O)c(SCC(=O)N(C)C)nc2c1. The highest BCUT2D eigenvalue weighted by Gasteiger charge is 2.17. The van der Waals surface area contributed by atoms with E-state index in [1.807, 2.05) is 0 Å². The Hall–Kier alpha value is -2.39. The summed E-state index contributed by atoms with van der Waals surface area (Å²) in [6.45, 7) is 1.62. The molecule has 0 spiro atoms. The molecule has 1 amide bonds. The van der Waals surface area contributed by atoms with Crippen molar-refractivity contribution in [2.45, 2.75) is 24.7 Å². The van der Waals surface area contributed by atoms with Gasteiger partial charge in [0.1, 0.15) is 0 Å². The third kappa shape index (κ3) is 4.41. The minimum absolute atomic E-state index is 0.0546. The Balaban J connectivity index is 2.55. The van der Waals surface area contributed by atoms with Crippen molar-refractivity contribution < 1.29 is 19.4 Å². The molecule has 1 aromatic heterocycles. The molecule has 2 rings (SSSR count). The van der Waals surface area contributed by atoms with Crippen molar-refractivity contribution in [3.8, 4) is 0 Å². The Morgan fingerprint density at radius 2 is 2.08 bits per heavy atom. The lowest BCUT2D eigenvalue weighted by molar-refractivity contribution is -0.125. The smallest absolute Gasteiger partial charge is 0.337 e. The largest absolute Gasteiger partial charge is 0.465 e. The van der Waals surface area contributed by atoms with E-state index < -0.39 is 12.1 Å². The van der Waals surface area contributed by atoms with Gasteiger partial charge in [-0.3, -0.25) is 14.2 Å². The molecule has 0 aliphatic carbocycles. The van der Waals surface area contributed by atoms with Crippen molar-refractivity contribution in [2.24, 2.45) is 0 Å². The maximum atomic E-state index is 12.8. The number of methoxy groups -OCH3 is 1. The minimum Gasteiger partial charge on any atom is -0.465 e. The maximum absolute atomic E-state index is 12.8. The summed E-state index contributed by atoms with van der Waals surface area (Å²) in [5.74, 6) is -0.559. The van der Waals surface area contributed by atoms with E-state index in [9.17, 15) is 19.5 Å². The van der Waals surface area contributed by atoms with Crippen LogP contribution in [0.5, 0.6) is 0 Å². The third-order valence-corrected chi connectivity index (χ3v) is 4.57. The summed E-state index contributed by atoms with van der Waals surface area (Å²) in [6.07, 6.45) is -0.759. The van der Waals surface area contributed by atoms with Crippen LogP contribution in [-0.4, -0.2) is 64.5 Å². The highest BCUT2D eigenvalue weighted by atomic mass is 32.2. The van der Waals surface area contributed by atoms with Crippen molar-refractivity contribution in [1.82, 2.24) is 14.5 Å². The molecule has 8 nitrogen and oxygen atoms in total. The number of benzene rings is 1. The van der Waals surface area contributed by atoms with Gasteiger partial charge in [-0.25, -0.2) is 9.78 Å². The van der Waals surface area contributed by atoms with Crippen molar-refractivity contribution in [1.29, 1.82) is 0 Å². The van der Waals surface area contributed by atoms with E-state index in [1.165, 1.54) is 34.8 Å². The molecule has 0 aliphatic heterocycles. The van der Waals surface area contributed by atoms with Crippen LogP contribution < -0.4 is 5.56 Å². The molecule has 0 unspecified atom stereocenters. The molecule has 140 valence electrons. The molecule has 0 saturated carbocycles. The standard InChI is InChI=1S/C17H21N3O5S/c1-10(21)8-20-15(23)12-6-5-11(16(24)25-4)7-13(12)18-17(20)26-9-14(22)19(2)3/h5-7,10,21H,8-9H2,1-4H3/t10-/m0/s1. The van der Waals surface area contributed by atoms with Crippen LogP contribution in [0.15, 0.2) is 28.2 Å². The van der Waals surface area contributed by atoms with Gasteiger partial charge in [0.15, 0.2) is 5.16 Å². The summed E-state index contributed by atoms with van der Waals surface area (Å²) in [7, 11) is 4.55. The van der Waals surface area contributed by atoms with Crippen molar-refractivity contribution in [2.75, 3.05) is 27.0 Å². The molecule has 26 heavy (non-hydrogen) atoms. The van der Waals surface area contributed by atoms with Gasteiger partial charge >= 0.3 is 5.97 Å². The third-order valence-electron chi connectivity index (χ3n) is 3.61. The first-order chi connectivity index (χ1) is 12.2. The number of carbonyl (C=O) groups is 2. The van der Waals surface area contributed by atoms with Crippen LogP contribution in [0.3, 0.4) is 0 Å². The van der Waals surface area contributed by atoms with E-state index in [0.717, 1.165) is 11.8 Å². The molecule has 0 radical (unpaired) electrons. The van der Waals surface area contributed by atoms with Gasteiger partial charge in [0.25, 0.3) is 5.56 Å². The van der Waals surface area contributed by atoms with Crippen LogP contribution >= 0.6 is 11.8 Å². The van der Waals surface area contributed by atoms with Gasteiger partial charge in [0.05, 0.1) is 42.0 Å². The van der Waals surface area contributed by atoms with Crippen LogP contribution in [0.4, 0.5) is 0 Å². The molecule has 1 aromatic carbocycles. The Bertz CT molecular complexity index is 892. The summed E-state index contributed by atoms with van der Waals surface area (Å²) in [5.41, 5.74) is 0.271. The summed E-state index contributed by atoms with van der Waals surface area (Å²) in [5, 5.41) is 10.3. The molecule has 1 atom stereocenters. The van der Waals surface area contributed by atoms with Gasteiger partial charge in [0.2, 0.25) is 5.91 Å². The van der Waals surface area contributed by atoms with Crippen molar-refractivity contribution in [3.05, 3.63) is 34.1 Å². The maximum Gasteiger partial charge on any atom is 0.337 e. The molecule has 1 heterocycles. The zero-order valence-corrected chi connectivity index (χ0v) is 15.9. The van der Waals surface area contributed by atoms with E-state index in [-0.39, 0.29) is 29.3 Å². The van der Waals surface area contributed by atoms with Gasteiger partial charge < -0.3 is 14.7 Å². The molecule has 2 aromatic rings. The van der Waals surface area contributed by atoms with Gasteiger partial charge in [-0.2, -0.15) is 0 Å². The number of hydrogen-bond acceptors (Lipinski definition) is 7. The average Bonchev–Trinajstić information content (AvgIpc) is 2.60. The molecular weight excluding hydrogens is 358 g/mol. The summed E-state index contributed by atoms with van der Waals surface area (Å²) < 4.78 is 6.03. The number of ether oxygens (including phenoxy) is 1. The van der Waals surface area contributed by atoms with Crippen LogP contribution in [0.25, 0.3) is 10.9 Å². The number of carbonyl (C=O) groups excluding carboxylic acids is 2. The highest BCUT2D eigenvalue weighted by molar-refractivity contribution is 7.99. The second kappa shape index (κ2) is 8.33. The molecular formula is C17H21N3O5S. The fourth-order valence-electron chi connectivity index (χ4n) is 2.24. The van der Waals surface area contributed by atoms with E-state index in [2.05, 4.69) is 9.72 Å². The van der Waals surface area contributed by atoms with Gasteiger partial charge in [-0.05, 0) is 25.1 Å². The van der Waals surface area contributed by atoms with Gasteiger partial charge in [-0.15, -0.1) is 0 Å². The zero-order valence-electron chi connectivity index (χ0n) is 15.1. The van der Waals surface area contributed by atoms with Crippen LogP contribution in [-0.2, 0) is 16.1 Å². The number of hydrogen-bond donors (Lipinski definition) is 1. The Morgan fingerprint density at radius 3 is 2.65 bits per heavy atom. The average molecular weight is 379 g/mol. The number of rotatable bonds is 6. The zero-order chi connectivity index (χ0) is 19.4. The van der Waals surface area contributed by atoms with E-state index in [1.54, 1.807) is 21.0 Å². The van der Waals surface area contributed by atoms with Crippen molar-refractivity contribution >= 4 is 34.5 Å². The number of aromatic nitrogens is 2. The monoisotopic (exact) mass is 379 g/mol. The number of thioether (sulfide) groups is 1. The van der Waals surface area contributed by atoms with E-state index in [0.29, 0.717) is 16.1 Å². The first kappa shape index (κ1) is 19.9. The molecule has 1 N–H and O–H groups in total. The van der Waals surface area contributed by atoms with Crippen molar-refractivity contribution in [3.63, 3.8) is 0 Å². The number of aliphatic hydroxyl groups is 1. The quantitative estimate of drug-likeness (QED) is 0.449. The second-order valence-corrected chi connectivity index (χ2v) is 6.90. The first-order valence-corrected chi connectivity index (χ1v) is 8.87. The predicted molar refractivity (Wildman–Crippen MR) is 98.4 cm³/mol. The summed E-state index contributed by atoms with van der Waals surface area (Å²) in [4.78, 5) is 42.2. The fourth-order valence-corrected chi connectivity index (χ4v) is 3.22. The Kier molecular flexibility index (Phi) is 6.38. The summed E-state index contributed by atoms with van der Waals surface area (Å²) in [6, 6.07) is 4.48. The number of fused-ring (bicyclic) bond motifs is 1. The second-order valence-electron chi connectivity index (χ2n) is 5.96. The number of aliphatic hydroxyl groups excluding tert-OH is 1. The normalized spacial score (nSPS) is 12.0. The predicted octanol–water partition coefficient (Wildman–Crippen LogP) is 0.744. The van der Waals surface area contributed by atoms with Crippen LogP contribution in [0, 0.1) is 0 Å². The molecule has 0 bridgehead atoms. The van der Waals surface area contributed by atoms with Gasteiger partial charge in [-0.1, -0.05) is 11.8 Å². The number of esters is 1. The number of amides is 1. The van der Waals surface area contributed by atoms with Gasteiger partial charge in [0, 0.05) is 14.1 Å².